The lowest BCUT2D eigenvalue weighted by Gasteiger charge is -2.60. The van der Waals surface area contributed by atoms with E-state index in [1.165, 1.54) is 0 Å². The molecule has 0 amide bonds. The van der Waals surface area contributed by atoms with Gasteiger partial charge in [0.2, 0.25) is 0 Å². The number of rotatable bonds is 5. The van der Waals surface area contributed by atoms with Gasteiger partial charge < -0.3 is 20.1 Å². The molecule has 140 valence electrons. The van der Waals surface area contributed by atoms with Gasteiger partial charge in [-0.05, 0) is 60.5 Å². The van der Waals surface area contributed by atoms with Crippen molar-refractivity contribution in [3.63, 3.8) is 0 Å². The molecule has 0 aromatic heterocycles. The summed E-state index contributed by atoms with van der Waals surface area (Å²) >= 11 is 0. The summed E-state index contributed by atoms with van der Waals surface area (Å²) in [5, 5.41) is 31.0. The van der Waals surface area contributed by atoms with Crippen LogP contribution >= 0.6 is 0 Å². The molecule has 0 spiro atoms. The molecule has 0 saturated heterocycles. The summed E-state index contributed by atoms with van der Waals surface area (Å²) in [6.45, 7) is 4.54. The molecule has 0 aromatic rings. The van der Waals surface area contributed by atoms with E-state index in [9.17, 15) is 20.1 Å². The molecule has 0 bridgehead atoms. The van der Waals surface area contributed by atoms with Crippen molar-refractivity contribution in [2.24, 2.45) is 22.7 Å². The van der Waals surface area contributed by atoms with Gasteiger partial charge >= 0.3 is 5.97 Å². The highest BCUT2D eigenvalue weighted by Gasteiger charge is 2.59. The number of hydrogen-bond acceptors (Lipinski definition) is 5. The second-order valence-corrected chi connectivity index (χ2v) is 8.28. The normalized spacial score (nSPS) is 41.0. The van der Waals surface area contributed by atoms with Gasteiger partial charge in [-0.15, -0.1) is 0 Å². The number of aliphatic hydroxyl groups excluding tert-OH is 3. The van der Waals surface area contributed by atoms with E-state index in [0.29, 0.717) is 18.9 Å². The Labute approximate surface area is 149 Å². The quantitative estimate of drug-likeness (QED) is 0.521. The van der Waals surface area contributed by atoms with E-state index in [4.69, 9.17) is 4.74 Å². The van der Waals surface area contributed by atoms with Crippen molar-refractivity contribution in [3.8, 4) is 0 Å². The topological polar surface area (TPSA) is 87.0 Å². The third kappa shape index (κ3) is 2.86. The minimum Gasteiger partial charge on any atom is -0.458 e. The molecule has 5 nitrogen and oxygen atoms in total. The Hall–Kier alpha value is -1.17. The highest BCUT2D eigenvalue weighted by Crippen LogP contribution is 2.62. The van der Waals surface area contributed by atoms with Crippen molar-refractivity contribution >= 4 is 5.97 Å². The number of fused-ring (bicyclic) bond motifs is 1. The van der Waals surface area contributed by atoms with E-state index in [-0.39, 0.29) is 30.5 Å². The minimum absolute atomic E-state index is 0.0802. The molecule has 5 atom stereocenters. The fourth-order valence-electron chi connectivity index (χ4n) is 5.56. The van der Waals surface area contributed by atoms with Crippen LogP contribution in [0.25, 0.3) is 0 Å². The first-order valence-electron chi connectivity index (χ1n) is 9.34. The monoisotopic (exact) mass is 350 g/mol. The summed E-state index contributed by atoms with van der Waals surface area (Å²) in [4.78, 5) is 11.3. The standard InChI is InChI=1S/C20H30O5/c1-13-8-17(23)20(12-22)15(10-21)4-3-5-16(20)19(13,2)7-6-14-9-18(24)25-11-14/h4,9,13,16-17,21-23H,3,5-8,10-12H2,1-2H3/t13-,16-,17+,19+,20+/m1/s1. The summed E-state index contributed by atoms with van der Waals surface area (Å²) in [5.41, 5.74) is 0.983. The fourth-order valence-corrected chi connectivity index (χ4v) is 5.56. The number of ether oxygens (including phenoxy) is 1. The molecule has 25 heavy (non-hydrogen) atoms. The number of allylic oxidation sites excluding steroid dienone is 1. The Balaban J connectivity index is 1.91. The summed E-state index contributed by atoms with van der Waals surface area (Å²) in [6.07, 6.45) is 6.99. The maximum Gasteiger partial charge on any atom is 0.331 e. The zero-order chi connectivity index (χ0) is 18.2. The molecule has 1 fully saturated rings. The average molecular weight is 350 g/mol. The number of hydrogen-bond donors (Lipinski definition) is 3. The first-order valence-corrected chi connectivity index (χ1v) is 9.34. The van der Waals surface area contributed by atoms with E-state index < -0.39 is 11.5 Å². The van der Waals surface area contributed by atoms with Crippen molar-refractivity contribution in [1.82, 2.24) is 0 Å². The Morgan fingerprint density at radius 2 is 2.12 bits per heavy atom. The van der Waals surface area contributed by atoms with Gasteiger partial charge in [-0.1, -0.05) is 19.9 Å². The average Bonchev–Trinajstić information content (AvgIpc) is 3.03. The van der Waals surface area contributed by atoms with Crippen molar-refractivity contribution in [2.45, 2.75) is 52.1 Å². The van der Waals surface area contributed by atoms with Gasteiger partial charge in [0, 0.05) is 11.5 Å². The molecule has 5 heteroatoms. The van der Waals surface area contributed by atoms with Crippen molar-refractivity contribution in [3.05, 3.63) is 23.3 Å². The maximum atomic E-state index is 11.3. The van der Waals surface area contributed by atoms with Crippen LogP contribution < -0.4 is 0 Å². The van der Waals surface area contributed by atoms with E-state index in [1.807, 2.05) is 6.08 Å². The van der Waals surface area contributed by atoms with Crippen LogP contribution in [0.15, 0.2) is 23.3 Å². The van der Waals surface area contributed by atoms with Gasteiger partial charge in [0.1, 0.15) is 6.61 Å². The molecule has 1 saturated carbocycles. The molecule has 1 aliphatic heterocycles. The molecule has 3 rings (SSSR count). The van der Waals surface area contributed by atoms with Crippen LogP contribution in [0.2, 0.25) is 0 Å². The maximum absolute atomic E-state index is 11.3. The lowest BCUT2D eigenvalue weighted by Crippen LogP contribution is -2.60. The van der Waals surface area contributed by atoms with Gasteiger partial charge in [-0.2, -0.15) is 0 Å². The van der Waals surface area contributed by atoms with Gasteiger partial charge in [-0.3, -0.25) is 0 Å². The predicted molar refractivity (Wildman–Crippen MR) is 93.6 cm³/mol. The first kappa shape index (κ1) is 18.6. The number of carbonyl (C=O) groups is 1. The molecule has 0 aromatic carbocycles. The van der Waals surface area contributed by atoms with Crippen molar-refractivity contribution in [1.29, 1.82) is 0 Å². The van der Waals surface area contributed by atoms with Gasteiger partial charge in [0.25, 0.3) is 0 Å². The first-order chi connectivity index (χ1) is 11.9. The van der Waals surface area contributed by atoms with Crippen LogP contribution in [0.3, 0.4) is 0 Å². The number of aliphatic hydroxyl groups is 3. The molecule has 3 aliphatic rings. The van der Waals surface area contributed by atoms with Crippen LogP contribution in [0, 0.1) is 22.7 Å². The van der Waals surface area contributed by atoms with Gasteiger partial charge in [0.05, 0.1) is 19.3 Å². The SMILES string of the molecule is C[C@@H]1C[C@H](O)[C@@]2(CO)C(CO)=CCC[C@@H]2[C@@]1(C)CCC1=CC(=O)OC1. The molecule has 0 radical (unpaired) electrons. The number of cyclic esters (lactones) is 1. The Kier molecular flexibility index (Phi) is 5.11. The summed E-state index contributed by atoms with van der Waals surface area (Å²) in [5.74, 6) is 0.138. The molecule has 2 aliphatic carbocycles. The molecule has 3 N–H and O–H groups in total. The molecular formula is C20H30O5. The second kappa shape index (κ2) is 6.86. The van der Waals surface area contributed by atoms with E-state index >= 15 is 0 Å². The minimum atomic E-state index is -0.745. The predicted octanol–water partition coefficient (Wildman–Crippen LogP) is 1.96. The molecule has 0 unspecified atom stereocenters. The van der Waals surface area contributed by atoms with Crippen LogP contribution in [-0.2, 0) is 9.53 Å². The van der Waals surface area contributed by atoms with Crippen LogP contribution in [-0.4, -0.2) is 47.2 Å². The fraction of sp³-hybridized carbons (Fsp3) is 0.750. The highest BCUT2D eigenvalue weighted by atomic mass is 16.5. The lowest BCUT2D eigenvalue weighted by molar-refractivity contribution is -0.153. The van der Waals surface area contributed by atoms with Crippen LogP contribution in [0.4, 0.5) is 0 Å². The lowest BCUT2D eigenvalue weighted by atomic mass is 9.45. The van der Waals surface area contributed by atoms with Crippen LogP contribution in [0.5, 0.6) is 0 Å². The van der Waals surface area contributed by atoms with E-state index in [0.717, 1.165) is 36.8 Å². The zero-order valence-electron chi connectivity index (χ0n) is 15.2. The zero-order valence-corrected chi connectivity index (χ0v) is 15.2. The van der Waals surface area contributed by atoms with Crippen molar-refractivity contribution in [2.75, 3.05) is 19.8 Å². The molecule has 1 heterocycles. The number of carbonyl (C=O) groups excluding carboxylic acids is 1. The van der Waals surface area contributed by atoms with E-state index in [1.54, 1.807) is 6.08 Å². The summed E-state index contributed by atoms with van der Waals surface area (Å²) < 4.78 is 5.01. The third-order valence-corrected chi connectivity index (χ3v) is 7.30. The Bertz CT molecular complexity index is 595. The third-order valence-electron chi connectivity index (χ3n) is 7.30. The largest absolute Gasteiger partial charge is 0.458 e. The number of esters is 1. The molecular weight excluding hydrogens is 320 g/mol. The highest BCUT2D eigenvalue weighted by molar-refractivity contribution is 5.85. The summed E-state index contributed by atoms with van der Waals surface area (Å²) in [7, 11) is 0. The second-order valence-electron chi connectivity index (χ2n) is 8.28. The van der Waals surface area contributed by atoms with Gasteiger partial charge in [0.15, 0.2) is 0 Å². The Morgan fingerprint density at radius 1 is 1.36 bits per heavy atom. The van der Waals surface area contributed by atoms with Crippen LogP contribution in [0.1, 0.15) is 46.0 Å². The smallest absolute Gasteiger partial charge is 0.331 e. The van der Waals surface area contributed by atoms with E-state index in [2.05, 4.69) is 13.8 Å². The van der Waals surface area contributed by atoms with Crippen molar-refractivity contribution < 1.29 is 24.9 Å². The summed E-state index contributed by atoms with van der Waals surface area (Å²) in [6, 6.07) is 0. The Morgan fingerprint density at radius 3 is 2.72 bits per heavy atom. The van der Waals surface area contributed by atoms with Gasteiger partial charge in [-0.25, -0.2) is 4.79 Å².